The molecule has 5 rings (SSSR count). The van der Waals surface area contributed by atoms with E-state index in [0.29, 0.717) is 17.9 Å². The van der Waals surface area contributed by atoms with Gasteiger partial charge in [0.05, 0.1) is 30.3 Å². The number of sulfonamides is 1. The molecule has 12 heteroatoms. The Morgan fingerprint density at radius 3 is 2.66 bits per heavy atom. The molecular weight excluding hydrogens is 512 g/mol. The molecule has 0 unspecified atom stereocenters. The number of para-hydroxylation sites is 1. The minimum absolute atomic E-state index is 0.0640. The molecule has 1 saturated heterocycles. The van der Waals surface area contributed by atoms with E-state index in [1.54, 1.807) is 24.4 Å². The summed E-state index contributed by atoms with van der Waals surface area (Å²) in [6.45, 7) is 3.01. The van der Waals surface area contributed by atoms with E-state index in [0.717, 1.165) is 42.8 Å². The van der Waals surface area contributed by atoms with Crippen molar-refractivity contribution in [1.82, 2.24) is 19.9 Å². The van der Waals surface area contributed by atoms with Gasteiger partial charge in [-0.1, -0.05) is 18.2 Å². The number of nitrogens with one attached hydrogen (secondary N) is 3. The highest BCUT2D eigenvalue weighted by Crippen LogP contribution is 2.26. The monoisotopic (exact) mass is 541 g/mol. The summed E-state index contributed by atoms with van der Waals surface area (Å²) in [5, 5.41) is 7.04. The fourth-order valence-corrected chi connectivity index (χ4v) is 5.53. The van der Waals surface area contributed by atoms with E-state index in [1.165, 1.54) is 6.07 Å². The van der Waals surface area contributed by atoms with E-state index in [9.17, 15) is 17.2 Å². The van der Waals surface area contributed by atoms with Crippen LogP contribution in [0, 0.1) is 5.82 Å². The summed E-state index contributed by atoms with van der Waals surface area (Å²) in [6, 6.07) is 14.0. The van der Waals surface area contributed by atoms with Crippen LogP contribution in [0.15, 0.2) is 60.9 Å². The van der Waals surface area contributed by atoms with E-state index >= 15 is 0 Å². The Bertz CT molecular complexity index is 1520. The lowest BCUT2D eigenvalue weighted by molar-refractivity contribution is 0.484. The average molecular weight is 542 g/mol. The predicted molar refractivity (Wildman–Crippen MR) is 146 cm³/mol. The van der Waals surface area contributed by atoms with Crippen molar-refractivity contribution in [2.24, 2.45) is 0 Å². The molecule has 0 spiro atoms. The topological polar surface area (TPSA) is 104 Å². The Labute approximate surface area is 220 Å². The summed E-state index contributed by atoms with van der Waals surface area (Å²) in [5.74, 6) is -0.445. The minimum atomic E-state index is -3.67. The van der Waals surface area contributed by atoms with Gasteiger partial charge in [0, 0.05) is 49.6 Å². The first-order valence-electron chi connectivity index (χ1n) is 12.4. The summed E-state index contributed by atoms with van der Waals surface area (Å²) in [4.78, 5) is 11.1. The summed E-state index contributed by atoms with van der Waals surface area (Å²) < 4.78 is 56.5. The van der Waals surface area contributed by atoms with Crippen molar-refractivity contribution in [3.63, 3.8) is 0 Å². The van der Waals surface area contributed by atoms with Crippen LogP contribution in [0.2, 0.25) is 0 Å². The predicted octanol–water partition coefficient (Wildman–Crippen LogP) is 3.87. The van der Waals surface area contributed by atoms with Gasteiger partial charge in [-0.25, -0.2) is 17.8 Å². The number of alkyl halides is 1. The smallest absolute Gasteiger partial charge is 0.232 e. The highest BCUT2D eigenvalue weighted by molar-refractivity contribution is 7.92. The third-order valence-electron chi connectivity index (χ3n) is 6.35. The van der Waals surface area contributed by atoms with E-state index in [2.05, 4.69) is 30.2 Å². The molecule has 2 aromatic heterocycles. The summed E-state index contributed by atoms with van der Waals surface area (Å²) >= 11 is 0. The molecule has 38 heavy (non-hydrogen) atoms. The quantitative estimate of drug-likeness (QED) is 0.280. The number of fused-ring (bicyclic) bond motifs is 1. The van der Waals surface area contributed by atoms with E-state index < -0.39 is 22.5 Å². The molecule has 0 amide bonds. The molecule has 0 aliphatic carbocycles. The van der Waals surface area contributed by atoms with Crippen LogP contribution in [0.1, 0.15) is 12.0 Å². The summed E-state index contributed by atoms with van der Waals surface area (Å²) in [7, 11) is -3.67. The van der Waals surface area contributed by atoms with Crippen molar-refractivity contribution in [2.45, 2.75) is 13.0 Å². The zero-order valence-electron chi connectivity index (χ0n) is 20.7. The number of hydrogen-bond donors (Lipinski definition) is 3. The molecule has 200 valence electrons. The van der Waals surface area contributed by atoms with Gasteiger partial charge in [0.25, 0.3) is 0 Å². The Kier molecular flexibility index (Phi) is 7.70. The highest BCUT2D eigenvalue weighted by atomic mass is 32.2. The number of anilines is 4. The van der Waals surface area contributed by atoms with E-state index in [4.69, 9.17) is 0 Å². The molecule has 1 aliphatic heterocycles. The number of halogens is 2. The number of piperazine rings is 1. The molecule has 3 N–H and O–H groups in total. The van der Waals surface area contributed by atoms with Crippen molar-refractivity contribution in [3.8, 4) is 0 Å². The van der Waals surface area contributed by atoms with Crippen LogP contribution < -0.4 is 20.3 Å². The minimum Gasteiger partial charge on any atom is -0.369 e. The molecule has 0 saturated carbocycles. The molecular formula is C26H29F2N7O2S. The van der Waals surface area contributed by atoms with Crippen LogP contribution >= 0.6 is 0 Å². The number of benzene rings is 2. The van der Waals surface area contributed by atoms with Crippen molar-refractivity contribution in [3.05, 3.63) is 72.3 Å². The molecule has 0 bridgehead atoms. The number of hydrogen-bond acceptors (Lipinski definition) is 7. The van der Waals surface area contributed by atoms with Gasteiger partial charge in [0.1, 0.15) is 11.5 Å². The van der Waals surface area contributed by atoms with Crippen LogP contribution in [-0.2, 0) is 16.6 Å². The second-order valence-corrected chi connectivity index (χ2v) is 10.9. The van der Waals surface area contributed by atoms with Crippen molar-refractivity contribution >= 4 is 44.1 Å². The van der Waals surface area contributed by atoms with Crippen LogP contribution in [-0.4, -0.2) is 61.6 Å². The Balaban J connectivity index is 1.35. The van der Waals surface area contributed by atoms with E-state index in [-0.39, 0.29) is 23.8 Å². The van der Waals surface area contributed by atoms with Gasteiger partial charge < -0.3 is 20.1 Å². The van der Waals surface area contributed by atoms with E-state index in [1.807, 2.05) is 35.0 Å². The second-order valence-electron chi connectivity index (χ2n) is 9.06. The molecule has 1 fully saturated rings. The third-order valence-corrected chi connectivity index (χ3v) is 7.71. The maximum Gasteiger partial charge on any atom is 0.232 e. The molecule has 3 heterocycles. The fraction of sp³-hybridized carbons (Fsp3) is 0.308. The van der Waals surface area contributed by atoms with Gasteiger partial charge in [0.2, 0.25) is 16.0 Å². The number of nitrogens with zero attached hydrogens (tertiary/aromatic N) is 4. The number of rotatable bonds is 10. The van der Waals surface area contributed by atoms with Gasteiger partial charge in [-0.15, -0.1) is 0 Å². The molecule has 0 radical (unpaired) electrons. The normalized spacial score (nSPS) is 14.1. The summed E-state index contributed by atoms with van der Waals surface area (Å²) in [5.41, 5.74) is 2.85. The maximum atomic E-state index is 14.9. The lowest BCUT2D eigenvalue weighted by Gasteiger charge is -2.29. The fourth-order valence-electron chi connectivity index (χ4n) is 4.41. The van der Waals surface area contributed by atoms with Crippen LogP contribution in [0.4, 0.5) is 31.8 Å². The van der Waals surface area contributed by atoms with Crippen molar-refractivity contribution in [2.75, 3.05) is 53.5 Å². The standard InChI is InChI=1S/C26H29F2N7O2S/c27-9-3-15-38(36,37)33-23-5-2-1-4-20(23)18-35-12-8-19-17-30-26(32-25(19)35)31-24-7-6-21(16-22(24)28)34-13-10-29-11-14-34/h1-2,4-8,12,16-17,29,33H,3,9-11,13-15,18H2,(H,30,31,32). The maximum absolute atomic E-state index is 14.9. The highest BCUT2D eigenvalue weighted by Gasteiger charge is 2.16. The lowest BCUT2D eigenvalue weighted by Crippen LogP contribution is -2.43. The third kappa shape index (κ3) is 6.03. The Morgan fingerprint density at radius 2 is 1.87 bits per heavy atom. The van der Waals surface area contributed by atoms with Crippen LogP contribution in [0.3, 0.4) is 0 Å². The van der Waals surface area contributed by atoms with Gasteiger partial charge in [0.15, 0.2) is 0 Å². The SMILES string of the molecule is O=S(=O)(CCCF)Nc1ccccc1Cn1ccc2cnc(Nc3ccc(N4CCNCC4)cc3F)nc21. The first kappa shape index (κ1) is 25.9. The Hall–Kier alpha value is -3.77. The molecule has 9 nitrogen and oxygen atoms in total. The molecule has 0 atom stereocenters. The lowest BCUT2D eigenvalue weighted by atomic mass is 10.2. The van der Waals surface area contributed by atoms with Gasteiger partial charge >= 0.3 is 0 Å². The molecule has 4 aromatic rings. The zero-order valence-corrected chi connectivity index (χ0v) is 21.5. The first-order chi connectivity index (χ1) is 18.4. The molecule has 1 aliphatic rings. The molecule has 2 aromatic carbocycles. The van der Waals surface area contributed by atoms with Gasteiger partial charge in [-0.05, 0) is 42.3 Å². The largest absolute Gasteiger partial charge is 0.369 e. The van der Waals surface area contributed by atoms with Gasteiger partial charge in [-0.3, -0.25) is 9.11 Å². The van der Waals surface area contributed by atoms with Crippen LogP contribution in [0.5, 0.6) is 0 Å². The van der Waals surface area contributed by atoms with Gasteiger partial charge in [-0.2, -0.15) is 4.98 Å². The Morgan fingerprint density at radius 1 is 1.05 bits per heavy atom. The summed E-state index contributed by atoms with van der Waals surface area (Å²) in [6.07, 6.45) is 3.42. The average Bonchev–Trinajstić information content (AvgIpc) is 3.32. The number of aromatic nitrogens is 3. The van der Waals surface area contributed by atoms with Crippen molar-refractivity contribution < 1.29 is 17.2 Å². The van der Waals surface area contributed by atoms with Crippen molar-refractivity contribution in [1.29, 1.82) is 0 Å². The second kappa shape index (κ2) is 11.3. The first-order valence-corrected chi connectivity index (χ1v) is 14.1. The van der Waals surface area contributed by atoms with Crippen LogP contribution in [0.25, 0.3) is 11.0 Å². The zero-order chi connectivity index (χ0) is 26.5.